The first kappa shape index (κ1) is 16.0. The van der Waals surface area contributed by atoms with Crippen LogP contribution in [0.2, 0.25) is 0 Å². The Labute approximate surface area is 130 Å². The van der Waals surface area contributed by atoms with Crippen molar-refractivity contribution in [3.05, 3.63) is 35.2 Å². The summed E-state index contributed by atoms with van der Waals surface area (Å²) in [4.78, 5) is 11.1. The van der Waals surface area contributed by atoms with Gasteiger partial charge in [-0.2, -0.15) is 0 Å². The molecular formula is C16H21N3O3. The van der Waals surface area contributed by atoms with Crippen LogP contribution in [0.5, 0.6) is 11.5 Å². The number of methoxy groups -OCH3 is 2. The van der Waals surface area contributed by atoms with E-state index in [9.17, 15) is 4.79 Å². The molecule has 0 bridgehead atoms. The maximum atomic E-state index is 11.1. The molecule has 1 aromatic heterocycles. The van der Waals surface area contributed by atoms with Gasteiger partial charge in [-0.25, -0.2) is 4.68 Å². The van der Waals surface area contributed by atoms with Crippen molar-refractivity contribution in [2.75, 3.05) is 14.2 Å². The lowest BCUT2D eigenvalue weighted by Gasteiger charge is -2.11. The smallest absolute Gasteiger partial charge is 0.172 e. The number of hydrogen-bond donors (Lipinski definition) is 0. The molecular weight excluding hydrogens is 282 g/mol. The maximum absolute atomic E-state index is 11.1. The van der Waals surface area contributed by atoms with Crippen molar-refractivity contribution in [1.82, 2.24) is 15.0 Å². The van der Waals surface area contributed by atoms with Gasteiger partial charge in [-0.1, -0.05) is 11.3 Å². The molecule has 0 aliphatic carbocycles. The van der Waals surface area contributed by atoms with E-state index in [2.05, 4.69) is 10.3 Å². The lowest BCUT2D eigenvalue weighted by Crippen LogP contribution is -2.09. The van der Waals surface area contributed by atoms with E-state index < -0.39 is 0 Å². The zero-order chi connectivity index (χ0) is 16.1. The van der Waals surface area contributed by atoms with Gasteiger partial charge in [0, 0.05) is 6.04 Å². The molecule has 118 valence electrons. The van der Waals surface area contributed by atoms with Gasteiger partial charge in [-0.15, -0.1) is 5.10 Å². The van der Waals surface area contributed by atoms with E-state index in [4.69, 9.17) is 9.47 Å². The second kappa shape index (κ2) is 7.06. The van der Waals surface area contributed by atoms with Gasteiger partial charge < -0.3 is 9.47 Å². The number of aldehydes is 1. The number of benzene rings is 1. The highest BCUT2D eigenvalue weighted by molar-refractivity contribution is 5.73. The Kier molecular flexibility index (Phi) is 5.14. The molecule has 0 radical (unpaired) electrons. The van der Waals surface area contributed by atoms with Crippen molar-refractivity contribution in [3.8, 4) is 11.5 Å². The van der Waals surface area contributed by atoms with Gasteiger partial charge in [0.05, 0.1) is 19.9 Å². The summed E-state index contributed by atoms with van der Waals surface area (Å²) in [5.74, 6) is 1.40. The number of ether oxygens (including phenoxy) is 2. The molecule has 0 aliphatic rings. The summed E-state index contributed by atoms with van der Waals surface area (Å²) in [6, 6.07) is 5.99. The summed E-state index contributed by atoms with van der Waals surface area (Å²) < 4.78 is 12.3. The Balaban J connectivity index is 2.20. The number of aryl methyl sites for hydroxylation is 1. The highest BCUT2D eigenvalue weighted by Crippen LogP contribution is 2.28. The van der Waals surface area contributed by atoms with Crippen LogP contribution in [0, 0.1) is 0 Å². The SMILES string of the molecule is COc1ccc(CCc2c(C=O)nnn2C(C)C)cc1OC. The summed E-state index contributed by atoms with van der Waals surface area (Å²) in [6.45, 7) is 4.03. The predicted octanol–water partition coefficient (Wildman–Crippen LogP) is 2.47. The Morgan fingerprint density at radius 1 is 1.18 bits per heavy atom. The summed E-state index contributed by atoms with van der Waals surface area (Å²) in [7, 11) is 3.23. The van der Waals surface area contributed by atoms with Crippen LogP contribution < -0.4 is 9.47 Å². The van der Waals surface area contributed by atoms with Crippen molar-refractivity contribution >= 4 is 6.29 Å². The van der Waals surface area contributed by atoms with Crippen molar-refractivity contribution in [1.29, 1.82) is 0 Å². The number of nitrogens with zero attached hydrogens (tertiary/aromatic N) is 3. The molecule has 0 saturated heterocycles. The van der Waals surface area contributed by atoms with Crippen molar-refractivity contribution in [2.24, 2.45) is 0 Å². The average Bonchev–Trinajstić information content (AvgIpc) is 2.95. The standard InChI is InChI=1S/C16H21N3O3/c1-11(2)19-14(13(10-20)17-18-19)7-5-12-6-8-15(21-3)16(9-12)22-4/h6,8-11H,5,7H2,1-4H3. The Bertz CT molecular complexity index is 650. The molecule has 2 aromatic rings. The molecule has 0 fully saturated rings. The molecule has 0 atom stereocenters. The van der Waals surface area contributed by atoms with Crippen molar-refractivity contribution in [3.63, 3.8) is 0 Å². The maximum Gasteiger partial charge on any atom is 0.172 e. The van der Waals surface area contributed by atoms with E-state index >= 15 is 0 Å². The molecule has 1 aromatic carbocycles. The number of carbonyl (C=O) groups is 1. The fourth-order valence-corrected chi connectivity index (χ4v) is 2.37. The summed E-state index contributed by atoms with van der Waals surface area (Å²) >= 11 is 0. The van der Waals surface area contributed by atoms with Crippen LogP contribution >= 0.6 is 0 Å². The fourth-order valence-electron chi connectivity index (χ4n) is 2.37. The van der Waals surface area contributed by atoms with E-state index in [0.29, 0.717) is 23.6 Å². The first-order valence-corrected chi connectivity index (χ1v) is 7.20. The van der Waals surface area contributed by atoms with E-state index in [0.717, 1.165) is 24.0 Å². The third kappa shape index (κ3) is 3.27. The quantitative estimate of drug-likeness (QED) is 0.735. The minimum atomic E-state index is 0.168. The topological polar surface area (TPSA) is 66.2 Å². The Hall–Kier alpha value is -2.37. The van der Waals surface area contributed by atoms with Crippen LogP contribution in [-0.4, -0.2) is 35.5 Å². The fraction of sp³-hybridized carbons (Fsp3) is 0.438. The highest BCUT2D eigenvalue weighted by Gasteiger charge is 2.14. The molecule has 0 unspecified atom stereocenters. The second-order valence-electron chi connectivity index (χ2n) is 5.27. The van der Waals surface area contributed by atoms with Crippen LogP contribution in [0.15, 0.2) is 18.2 Å². The summed E-state index contributed by atoms with van der Waals surface area (Å²) in [6.07, 6.45) is 2.21. The van der Waals surface area contributed by atoms with E-state index in [1.807, 2.05) is 32.0 Å². The molecule has 6 heteroatoms. The van der Waals surface area contributed by atoms with Crippen LogP contribution in [0.1, 0.15) is 41.6 Å². The van der Waals surface area contributed by atoms with Crippen LogP contribution in [0.3, 0.4) is 0 Å². The van der Waals surface area contributed by atoms with E-state index in [1.54, 1.807) is 18.9 Å². The van der Waals surface area contributed by atoms with Gasteiger partial charge in [0.2, 0.25) is 0 Å². The number of carbonyl (C=O) groups excluding carboxylic acids is 1. The Morgan fingerprint density at radius 2 is 1.91 bits per heavy atom. The first-order valence-electron chi connectivity index (χ1n) is 7.20. The third-order valence-electron chi connectivity index (χ3n) is 3.52. The summed E-state index contributed by atoms with van der Waals surface area (Å²) in [5.41, 5.74) is 2.37. The second-order valence-corrected chi connectivity index (χ2v) is 5.27. The lowest BCUT2D eigenvalue weighted by molar-refractivity contribution is 0.111. The normalized spacial score (nSPS) is 10.8. The monoisotopic (exact) mass is 303 g/mol. The summed E-state index contributed by atoms with van der Waals surface area (Å²) in [5, 5.41) is 7.98. The molecule has 0 spiro atoms. The van der Waals surface area contributed by atoms with Crippen LogP contribution in [0.4, 0.5) is 0 Å². The van der Waals surface area contributed by atoms with Gasteiger partial charge >= 0.3 is 0 Å². The molecule has 0 saturated carbocycles. The molecule has 6 nitrogen and oxygen atoms in total. The van der Waals surface area contributed by atoms with Crippen LogP contribution in [-0.2, 0) is 12.8 Å². The number of aromatic nitrogens is 3. The molecule has 0 aliphatic heterocycles. The molecule has 2 rings (SSSR count). The van der Waals surface area contributed by atoms with Crippen LogP contribution in [0.25, 0.3) is 0 Å². The average molecular weight is 303 g/mol. The molecule has 0 amide bonds. The molecule has 1 heterocycles. The van der Waals surface area contributed by atoms with Gasteiger partial charge in [0.1, 0.15) is 5.69 Å². The van der Waals surface area contributed by atoms with E-state index in [-0.39, 0.29) is 6.04 Å². The zero-order valence-electron chi connectivity index (χ0n) is 13.4. The first-order chi connectivity index (χ1) is 10.6. The molecule has 0 N–H and O–H groups in total. The van der Waals surface area contributed by atoms with Crippen molar-refractivity contribution in [2.45, 2.75) is 32.7 Å². The van der Waals surface area contributed by atoms with Gasteiger partial charge in [-0.3, -0.25) is 4.79 Å². The largest absolute Gasteiger partial charge is 0.493 e. The van der Waals surface area contributed by atoms with E-state index in [1.165, 1.54) is 0 Å². The predicted molar refractivity (Wildman–Crippen MR) is 82.7 cm³/mol. The Morgan fingerprint density at radius 3 is 2.50 bits per heavy atom. The van der Waals surface area contributed by atoms with Gasteiger partial charge in [0.25, 0.3) is 0 Å². The lowest BCUT2D eigenvalue weighted by atomic mass is 10.1. The number of rotatable bonds is 7. The highest BCUT2D eigenvalue weighted by atomic mass is 16.5. The minimum absolute atomic E-state index is 0.168. The van der Waals surface area contributed by atoms with Crippen molar-refractivity contribution < 1.29 is 14.3 Å². The minimum Gasteiger partial charge on any atom is -0.493 e. The van der Waals surface area contributed by atoms with Gasteiger partial charge in [0.15, 0.2) is 17.8 Å². The van der Waals surface area contributed by atoms with Gasteiger partial charge in [-0.05, 0) is 44.4 Å². The molecule has 22 heavy (non-hydrogen) atoms. The number of hydrogen-bond acceptors (Lipinski definition) is 5. The zero-order valence-corrected chi connectivity index (χ0v) is 13.4. The third-order valence-corrected chi connectivity index (χ3v) is 3.52.